The van der Waals surface area contributed by atoms with Gasteiger partial charge in [-0.15, -0.1) is 0 Å². The number of hydrogen-bond acceptors (Lipinski definition) is 5. The minimum absolute atomic E-state index is 0.114. The lowest BCUT2D eigenvalue weighted by Crippen LogP contribution is -2.40. The maximum absolute atomic E-state index is 12.2. The van der Waals surface area contributed by atoms with Gasteiger partial charge in [0, 0.05) is 19.6 Å². The summed E-state index contributed by atoms with van der Waals surface area (Å²) < 4.78 is 23.0. The van der Waals surface area contributed by atoms with E-state index in [1.54, 1.807) is 7.11 Å². The summed E-state index contributed by atoms with van der Waals surface area (Å²) in [6, 6.07) is 10.3. The molecule has 5 atom stereocenters. The monoisotopic (exact) mass is 364 g/mol. The Morgan fingerprint density at radius 1 is 1.19 bits per heavy atom. The minimum Gasteiger partial charge on any atom is -0.460 e. The van der Waals surface area contributed by atoms with E-state index >= 15 is 0 Å². The zero-order valence-electron chi connectivity index (χ0n) is 16.4. The maximum Gasteiger partial charge on any atom is 0.311 e. The second kappa shape index (κ2) is 10.7. The Kier molecular flexibility index (Phi) is 8.55. The molecule has 2 rings (SSSR count). The predicted octanol–water partition coefficient (Wildman–Crippen LogP) is 3.25. The maximum atomic E-state index is 12.2. The highest BCUT2D eigenvalue weighted by molar-refractivity contribution is 5.72. The third kappa shape index (κ3) is 6.38. The summed E-state index contributed by atoms with van der Waals surface area (Å²) in [5.41, 5.74) is 1.23. The van der Waals surface area contributed by atoms with E-state index in [0.29, 0.717) is 19.8 Å². The van der Waals surface area contributed by atoms with Crippen LogP contribution in [0.5, 0.6) is 0 Å². The zero-order valence-corrected chi connectivity index (χ0v) is 16.4. The first-order valence-electron chi connectivity index (χ1n) is 9.47. The third-order valence-corrected chi connectivity index (χ3v) is 4.91. The predicted molar refractivity (Wildman–Crippen MR) is 100 cm³/mol. The molecule has 1 fully saturated rings. The van der Waals surface area contributed by atoms with Gasteiger partial charge in [-0.3, -0.25) is 4.79 Å². The number of hydrogen-bond donors (Lipinski definition) is 0. The third-order valence-electron chi connectivity index (χ3n) is 4.91. The zero-order chi connectivity index (χ0) is 18.9. The first-order valence-corrected chi connectivity index (χ1v) is 9.47. The largest absolute Gasteiger partial charge is 0.460 e. The van der Waals surface area contributed by atoms with Crippen LogP contribution < -0.4 is 0 Å². The molecule has 1 aromatic carbocycles. The van der Waals surface area contributed by atoms with E-state index in [9.17, 15) is 4.79 Å². The van der Waals surface area contributed by atoms with E-state index < -0.39 is 0 Å². The molecular weight excluding hydrogens is 332 g/mol. The lowest BCUT2D eigenvalue weighted by molar-refractivity contribution is -0.162. The highest BCUT2D eigenvalue weighted by Gasteiger charge is 2.33. The van der Waals surface area contributed by atoms with E-state index in [0.717, 1.165) is 12.8 Å². The quantitative estimate of drug-likeness (QED) is 0.695. The first kappa shape index (κ1) is 20.9. The molecule has 5 heteroatoms. The van der Waals surface area contributed by atoms with E-state index in [4.69, 9.17) is 18.9 Å². The second-order valence-electron chi connectivity index (χ2n) is 7.20. The summed E-state index contributed by atoms with van der Waals surface area (Å²) in [6.07, 6.45) is 1.21. The number of carbonyl (C=O) groups excluding carboxylic acids is 1. The van der Waals surface area contributed by atoms with Crippen molar-refractivity contribution in [1.82, 2.24) is 0 Å². The van der Waals surface area contributed by atoms with Crippen LogP contribution in [-0.2, 0) is 30.2 Å². The number of benzene rings is 1. The van der Waals surface area contributed by atoms with Crippen LogP contribution in [0.2, 0.25) is 0 Å². The molecule has 0 bridgehead atoms. The molecule has 1 aromatic rings. The van der Waals surface area contributed by atoms with Crippen molar-refractivity contribution in [3.8, 4) is 0 Å². The van der Waals surface area contributed by atoms with Crippen LogP contribution in [0.3, 0.4) is 0 Å². The number of cyclic esters (lactones) is 1. The summed E-state index contributed by atoms with van der Waals surface area (Å²) in [7, 11) is 1.70. The van der Waals surface area contributed by atoms with Crippen LogP contribution in [-0.4, -0.2) is 51.2 Å². The smallest absolute Gasteiger partial charge is 0.311 e. The molecule has 1 unspecified atom stereocenters. The number of methoxy groups -OCH3 is 1. The molecule has 0 amide bonds. The standard InChI is InChI=1S/C21H32O5/c1-15-13-24-14-19(12-18-8-6-5-7-9-18)20(17(3)26-21(15)22)25-11-10-16(2)23-4/h5-9,15-17,19-20H,10-14H2,1-4H3/t15-,16?,17-,19-,20-/m0/s1. The molecule has 5 nitrogen and oxygen atoms in total. The molecule has 0 spiro atoms. The van der Waals surface area contributed by atoms with Crippen molar-refractivity contribution >= 4 is 5.97 Å². The van der Waals surface area contributed by atoms with Gasteiger partial charge in [-0.05, 0) is 39.2 Å². The van der Waals surface area contributed by atoms with Crippen LogP contribution in [0.4, 0.5) is 0 Å². The van der Waals surface area contributed by atoms with Crippen LogP contribution >= 0.6 is 0 Å². The molecule has 1 aliphatic heterocycles. The van der Waals surface area contributed by atoms with Crippen LogP contribution in [0.1, 0.15) is 32.8 Å². The number of ether oxygens (including phenoxy) is 4. The summed E-state index contributed by atoms with van der Waals surface area (Å²) in [6.45, 7) is 7.25. The minimum atomic E-state index is -0.321. The summed E-state index contributed by atoms with van der Waals surface area (Å²) in [5.74, 6) is -0.373. The van der Waals surface area contributed by atoms with E-state index in [1.165, 1.54) is 5.56 Å². The molecular formula is C21H32O5. The van der Waals surface area contributed by atoms with Crippen LogP contribution in [0.15, 0.2) is 30.3 Å². The Hall–Kier alpha value is -1.43. The lowest BCUT2D eigenvalue weighted by Gasteiger charge is -2.31. The van der Waals surface area contributed by atoms with Gasteiger partial charge in [-0.1, -0.05) is 30.3 Å². The lowest BCUT2D eigenvalue weighted by atomic mass is 9.91. The van der Waals surface area contributed by atoms with Gasteiger partial charge in [0.1, 0.15) is 6.10 Å². The molecule has 1 heterocycles. The first-order chi connectivity index (χ1) is 12.5. The molecule has 0 N–H and O–H groups in total. The van der Waals surface area contributed by atoms with Crippen molar-refractivity contribution in [3.05, 3.63) is 35.9 Å². The number of rotatable bonds is 7. The van der Waals surface area contributed by atoms with E-state index in [2.05, 4.69) is 12.1 Å². The van der Waals surface area contributed by atoms with Crippen molar-refractivity contribution in [3.63, 3.8) is 0 Å². The number of esters is 1. The molecule has 0 radical (unpaired) electrons. The van der Waals surface area contributed by atoms with Gasteiger partial charge in [-0.25, -0.2) is 0 Å². The molecule has 26 heavy (non-hydrogen) atoms. The van der Waals surface area contributed by atoms with E-state index in [1.807, 2.05) is 39.0 Å². The topological polar surface area (TPSA) is 54.0 Å². The second-order valence-corrected chi connectivity index (χ2v) is 7.20. The molecule has 146 valence electrons. The fourth-order valence-corrected chi connectivity index (χ4v) is 3.16. The molecule has 1 saturated heterocycles. The Balaban J connectivity index is 2.12. The summed E-state index contributed by atoms with van der Waals surface area (Å²) in [4.78, 5) is 12.2. The fraction of sp³-hybridized carbons (Fsp3) is 0.667. The summed E-state index contributed by atoms with van der Waals surface area (Å²) >= 11 is 0. The van der Waals surface area contributed by atoms with Gasteiger partial charge in [0.25, 0.3) is 0 Å². The van der Waals surface area contributed by atoms with E-state index in [-0.39, 0.29) is 36.1 Å². The van der Waals surface area contributed by atoms with Gasteiger partial charge in [0.2, 0.25) is 0 Å². The molecule has 0 saturated carbocycles. The van der Waals surface area contributed by atoms with Gasteiger partial charge in [-0.2, -0.15) is 0 Å². The highest BCUT2D eigenvalue weighted by atomic mass is 16.6. The van der Waals surface area contributed by atoms with Crippen molar-refractivity contribution in [2.45, 2.75) is 51.9 Å². The normalized spacial score (nSPS) is 28.5. The highest BCUT2D eigenvalue weighted by Crippen LogP contribution is 2.23. The molecule has 0 aromatic heterocycles. The molecule has 1 aliphatic rings. The summed E-state index contributed by atoms with van der Waals surface area (Å²) in [5, 5.41) is 0. The fourth-order valence-electron chi connectivity index (χ4n) is 3.16. The van der Waals surface area contributed by atoms with Gasteiger partial charge >= 0.3 is 5.97 Å². The average molecular weight is 364 g/mol. The van der Waals surface area contributed by atoms with Crippen molar-refractivity contribution < 1.29 is 23.7 Å². The average Bonchev–Trinajstić information content (AvgIpc) is 2.68. The number of carbonyl (C=O) groups is 1. The van der Waals surface area contributed by atoms with Crippen molar-refractivity contribution in [2.24, 2.45) is 11.8 Å². The Morgan fingerprint density at radius 3 is 2.62 bits per heavy atom. The van der Waals surface area contributed by atoms with Gasteiger partial charge in [0.15, 0.2) is 0 Å². The van der Waals surface area contributed by atoms with Crippen LogP contribution in [0.25, 0.3) is 0 Å². The van der Waals surface area contributed by atoms with Crippen LogP contribution in [0, 0.1) is 11.8 Å². The van der Waals surface area contributed by atoms with Crippen molar-refractivity contribution in [2.75, 3.05) is 26.9 Å². The Labute approximate surface area is 157 Å². The Morgan fingerprint density at radius 2 is 1.92 bits per heavy atom. The Bertz CT molecular complexity index is 532. The van der Waals surface area contributed by atoms with Gasteiger partial charge in [0.05, 0.1) is 31.3 Å². The molecule has 0 aliphatic carbocycles. The SMILES string of the molecule is COC(C)CCO[C@@H]1[C@@H](Cc2ccccc2)COC[C@H](C)C(=O)O[C@H]1C. The van der Waals surface area contributed by atoms with Crippen molar-refractivity contribution in [1.29, 1.82) is 0 Å². The van der Waals surface area contributed by atoms with Gasteiger partial charge < -0.3 is 18.9 Å².